The first kappa shape index (κ1) is 13.3. The molecule has 1 aliphatic heterocycles. The van der Waals surface area contributed by atoms with Crippen LogP contribution in [0.3, 0.4) is 0 Å². The van der Waals surface area contributed by atoms with Gasteiger partial charge in [0.05, 0.1) is 6.10 Å². The Labute approximate surface area is 118 Å². The number of pyridine rings is 1. The monoisotopic (exact) mass is 272 g/mol. The lowest BCUT2D eigenvalue weighted by atomic mass is 9.96. The Balaban J connectivity index is 1.64. The molecule has 2 atom stereocenters. The highest BCUT2D eigenvalue weighted by molar-refractivity contribution is 5.25. The standard InChI is InChI=1S/C15H20N4O/c1-12-4-6-18(10-14(12)20)9-13-2-3-15(17-8-13)19-7-5-16-11-19/h2-3,5,7-8,11-12,14,20H,4,6,9-10H2,1H3. The van der Waals surface area contributed by atoms with E-state index in [1.165, 1.54) is 5.56 Å². The summed E-state index contributed by atoms with van der Waals surface area (Å²) in [4.78, 5) is 10.8. The Hall–Kier alpha value is -1.72. The maximum atomic E-state index is 9.93. The van der Waals surface area contributed by atoms with Gasteiger partial charge in [0, 0.05) is 31.7 Å². The molecule has 1 aliphatic rings. The van der Waals surface area contributed by atoms with Gasteiger partial charge in [-0.25, -0.2) is 9.97 Å². The number of aliphatic hydroxyl groups excluding tert-OH is 1. The second-order valence-corrected chi connectivity index (χ2v) is 5.56. The van der Waals surface area contributed by atoms with Gasteiger partial charge in [0.1, 0.15) is 12.1 Å². The second-order valence-electron chi connectivity index (χ2n) is 5.56. The molecular formula is C15H20N4O. The van der Waals surface area contributed by atoms with E-state index < -0.39 is 0 Å². The Morgan fingerprint density at radius 3 is 2.95 bits per heavy atom. The molecule has 2 aromatic heterocycles. The molecule has 2 aromatic rings. The summed E-state index contributed by atoms with van der Waals surface area (Å²) < 4.78 is 1.89. The molecular weight excluding hydrogens is 252 g/mol. The van der Waals surface area contributed by atoms with Gasteiger partial charge in [-0.3, -0.25) is 9.47 Å². The van der Waals surface area contributed by atoms with E-state index in [4.69, 9.17) is 0 Å². The van der Waals surface area contributed by atoms with E-state index in [0.717, 1.165) is 31.9 Å². The van der Waals surface area contributed by atoms with Crippen molar-refractivity contribution in [2.24, 2.45) is 5.92 Å². The number of rotatable bonds is 3. The molecule has 20 heavy (non-hydrogen) atoms. The maximum Gasteiger partial charge on any atom is 0.137 e. The zero-order valence-corrected chi connectivity index (χ0v) is 11.7. The van der Waals surface area contributed by atoms with Crippen molar-refractivity contribution in [2.75, 3.05) is 13.1 Å². The number of hydrogen-bond donors (Lipinski definition) is 1. The van der Waals surface area contributed by atoms with Gasteiger partial charge in [0.15, 0.2) is 0 Å². The van der Waals surface area contributed by atoms with E-state index >= 15 is 0 Å². The smallest absolute Gasteiger partial charge is 0.137 e. The van der Waals surface area contributed by atoms with Gasteiger partial charge in [0.2, 0.25) is 0 Å². The minimum absolute atomic E-state index is 0.207. The first-order chi connectivity index (χ1) is 9.72. The van der Waals surface area contributed by atoms with E-state index in [1.54, 1.807) is 12.5 Å². The van der Waals surface area contributed by atoms with Crippen LogP contribution in [-0.4, -0.2) is 43.7 Å². The number of piperidine rings is 1. The van der Waals surface area contributed by atoms with Crippen LogP contribution in [0.1, 0.15) is 18.9 Å². The highest BCUT2D eigenvalue weighted by Crippen LogP contribution is 2.18. The number of imidazole rings is 1. The highest BCUT2D eigenvalue weighted by atomic mass is 16.3. The number of aliphatic hydroxyl groups is 1. The molecule has 3 heterocycles. The summed E-state index contributed by atoms with van der Waals surface area (Å²) in [6, 6.07) is 4.09. The van der Waals surface area contributed by atoms with Crippen molar-refractivity contribution in [3.8, 4) is 5.82 Å². The zero-order chi connectivity index (χ0) is 13.9. The number of β-amino-alcohol motifs (C(OH)–C–C–N with tert-alkyl or cyclic N) is 1. The first-order valence-corrected chi connectivity index (χ1v) is 7.06. The molecule has 106 valence electrons. The molecule has 0 aliphatic carbocycles. The van der Waals surface area contributed by atoms with Gasteiger partial charge in [-0.1, -0.05) is 13.0 Å². The van der Waals surface area contributed by atoms with Crippen LogP contribution in [-0.2, 0) is 6.54 Å². The Morgan fingerprint density at radius 2 is 2.30 bits per heavy atom. The number of hydrogen-bond acceptors (Lipinski definition) is 4. The predicted molar refractivity (Wildman–Crippen MR) is 76.4 cm³/mol. The molecule has 1 N–H and O–H groups in total. The second kappa shape index (κ2) is 5.73. The van der Waals surface area contributed by atoms with Crippen molar-refractivity contribution in [1.29, 1.82) is 0 Å². The molecule has 0 bridgehead atoms. The summed E-state index contributed by atoms with van der Waals surface area (Å²) in [5.74, 6) is 1.28. The summed E-state index contributed by atoms with van der Waals surface area (Å²) in [5.41, 5.74) is 1.18. The average molecular weight is 272 g/mol. The molecule has 2 unspecified atom stereocenters. The van der Waals surface area contributed by atoms with Crippen molar-refractivity contribution in [1.82, 2.24) is 19.4 Å². The molecule has 5 heteroatoms. The average Bonchev–Trinajstić information content (AvgIpc) is 2.98. The van der Waals surface area contributed by atoms with E-state index in [0.29, 0.717) is 5.92 Å². The van der Waals surface area contributed by atoms with Crippen molar-refractivity contribution in [3.05, 3.63) is 42.6 Å². The fourth-order valence-electron chi connectivity index (χ4n) is 2.57. The Morgan fingerprint density at radius 1 is 1.40 bits per heavy atom. The van der Waals surface area contributed by atoms with Crippen LogP contribution < -0.4 is 0 Å². The van der Waals surface area contributed by atoms with Gasteiger partial charge >= 0.3 is 0 Å². The first-order valence-electron chi connectivity index (χ1n) is 7.06. The number of aromatic nitrogens is 3. The third-order valence-electron chi connectivity index (χ3n) is 3.99. The van der Waals surface area contributed by atoms with Gasteiger partial charge < -0.3 is 5.11 Å². The van der Waals surface area contributed by atoms with Crippen LogP contribution in [0.5, 0.6) is 0 Å². The molecule has 5 nitrogen and oxygen atoms in total. The summed E-state index contributed by atoms with van der Waals surface area (Å²) in [6.45, 7) is 4.76. The molecule has 0 amide bonds. The van der Waals surface area contributed by atoms with Crippen LogP contribution >= 0.6 is 0 Å². The molecule has 0 radical (unpaired) electrons. The predicted octanol–water partition coefficient (Wildman–Crippen LogP) is 1.47. The van der Waals surface area contributed by atoms with Gasteiger partial charge in [-0.05, 0) is 30.5 Å². The third kappa shape index (κ3) is 2.89. The SMILES string of the molecule is CC1CCN(Cc2ccc(-n3ccnc3)nc2)CC1O. The van der Waals surface area contributed by atoms with Crippen molar-refractivity contribution < 1.29 is 5.11 Å². The van der Waals surface area contributed by atoms with Crippen LogP contribution in [0.15, 0.2) is 37.1 Å². The van der Waals surface area contributed by atoms with Crippen molar-refractivity contribution in [2.45, 2.75) is 26.0 Å². The fraction of sp³-hybridized carbons (Fsp3) is 0.467. The van der Waals surface area contributed by atoms with Gasteiger partial charge in [0.25, 0.3) is 0 Å². The quantitative estimate of drug-likeness (QED) is 0.919. The van der Waals surface area contributed by atoms with Gasteiger partial charge in [-0.2, -0.15) is 0 Å². The van der Waals surface area contributed by atoms with E-state index in [2.05, 4.69) is 27.9 Å². The molecule has 0 aromatic carbocycles. The highest BCUT2D eigenvalue weighted by Gasteiger charge is 2.24. The molecule has 1 fully saturated rings. The normalized spacial score (nSPS) is 23.9. The minimum Gasteiger partial charge on any atom is -0.392 e. The van der Waals surface area contributed by atoms with Crippen molar-refractivity contribution in [3.63, 3.8) is 0 Å². The Kier molecular flexibility index (Phi) is 3.80. The fourth-order valence-corrected chi connectivity index (χ4v) is 2.57. The van der Waals surface area contributed by atoms with Crippen molar-refractivity contribution >= 4 is 0 Å². The minimum atomic E-state index is -0.207. The molecule has 1 saturated heterocycles. The topological polar surface area (TPSA) is 54.2 Å². The van der Waals surface area contributed by atoms with Crippen LogP contribution in [0.25, 0.3) is 5.82 Å². The third-order valence-corrected chi connectivity index (χ3v) is 3.99. The summed E-state index contributed by atoms with van der Waals surface area (Å²) in [5, 5.41) is 9.93. The lowest BCUT2D eigenvalue weighted by Crippen LogP contribution is -2.42. The molecule has 0 saturated carbocycles. The largest absolute Gasteiger partial charge is 0.392 e. The maximum absolute atomic E-state index is 9.93. The van der Waals surface area contributed by atoms with E-state index in [1.807, 2.05) is 23.0 Å². The van der Waals surface area contributed by atoms with E-state index in [-0.39, 0.29) is 6.10 Å². The molecule has 0 spiro atoms. The van der Waals surface area contributed by atoms with E-state index in [9.17, 15) is 5.11 Å². The van der Waals surface area contributed by atoms with Crippen LogP contribution in [0.2, 0.25) is 0 Å². The van der Waals surface area contributed by atoms with Gasteiger partial charge in [-0.15, -0.1) is 0 Å². The summed E-state index contributed by atoms with van der Waals surface area (Å²) in [6.07, 6.45) is 8.12. The molecule has 3 rings (SSSR count). The lowest BCUT2D eigenvalue weighted by molar-refractivity contribution is 0.0259. The zero-order valence-electron chi connectivity index (χ0n) is 11.7. The number of nitrogens with zero attached hydrogens (tertiary/aromatic N) is 4. The Bertz CT molecular complexity index is 538. The lowest BCUT2D eigenvalue weighted by Gasteiger charge is -2.34. The number of likely N-dealkylation sites (tertiary alicyclic amines) is 1. The summed E-state index contributed by atoms with van der Waals surface area (Å²) >= 11 is 0. The summed E-state index contributed by atoms with van der Waals surface area (Å²) in [7, 11) is 0. The van der Waals surface area contributed by atoms with Crippen LogP contribution in [0.4, 0.5) is 0 Å². The van der Waals surface area contributed by atoms with Crippen LogP contribution in [0, 0.1) is 5.92 Å².